The number of anilines is 1. The smallest absolute Gasteiger partial charge is 0.315 e. The van der Waals surface area contributed by atoms with E-state index in [4.69, 9.17) is 0 Å². The van der Waals surface area contributed by atoms with Crippen molar-refractivity contribution in [1.29, 1.82) is 0 Å². The van der Waals surface area contributed by atoms with E-state index >= 15 is 0 Å². The number of aromatic amines is 1. The third kappa shape index (κ3) is 2.50. The van der Waals surface area contributed by atoms with Crippen LogP contribution < -0.4 is 16.0 Å². The molecule has 2 aromatic heterocycles. The first-order valence-corrected chi connectivity index (χ1v) is 6.91. The summed E-state index contributed by atoms with van der Waals surface area (Å²) < 4.78 is 0. The molecule has 4 N–H and O–H groups in total. The molecule has 0 unspecified atom stereocenters. The number of aromatic nitrogens is 2. The van der Waals surface area contributed by atoms with E-state index in [1.165, 1.54) is 4.88 Å². The van der Waals surface area contributed by atoms with Crippen LogP contribution >= 0.6 is 11.3 Å². The van der Waals surface area contributed by atoms with Crippen molar-refractivity contribution in [3.8, 4) is 10.6 Å². The van der Waals surface area contributed by atoms with Crippen molar-refractivity contribution in [3.63, 3.8) is 0 Å². The van der Waals surface area contributed by atoms with Gasteiger partial charge in [0.2, 0.25) is 5.91 Å². The molecule has 0 aliphatic carbocycles. The molecule has 1 aliphatic rings. The molecule has 3 heterocycles. The Bertz CT molecular complexity index is 662. The topological polar surface area (TPSA) is 98.9 Å². The summed E-state index contributed by atoms with van der Waals surface area (Å²) in [4.78, 5) is 25.1. The van der Waals surface area contributed by atoms with Gasteiger partial charge in [0.15, 0.2) is 5.82 Å². The van der Waals surface area contributed by atoms with Crippen molar-refractivity contribution in [3.05, 3.63) is 23.1 Å². The quantitative estimate of drug-likeness (QED) is 0.680. The maximum absolute atomic E-state index is 11.9. The fourth-order valence-corrected chi connectivity index (χ4v) is 2.75. The van der Waals surface area contributed by atoms with E-state index in [0.29, 0.717) is 5.82 Å². The fraction of sp³-hybridized carbons (Fsp3) is 0.250. The summed E-state index contributed by atoms with van der Waals surface area (Å²) in [6, 6.07) is 4.90. The second-order valence-corrected chi connectivity index (χ2v) is 5.76. The summed E-state index contributed by atoms with van der Waals surface area (Å²) in [7, 11) is 0. The molecular weight excluding hydrogens is 278 g/mol. The third-order valence-corrected chi connectivity index (χ3v) is 3.96. The predicted molar refractivity (Wildman–Crippen MR) is 75.6 cm³/mol. The largest absolute Gasteiger partial charge is 0.336 e. The Labute approximate surface area is 118 Å². The molecule has 1 saturated heterocycles. The van der Waals surface area contributed by atoms with Crippen molar-refractivity contribution < 1.29 is 9.59 Å². The Morgan fingerprint density at radius 1 is 1.50 bits per heavy atom. The first kappa shape index (κ1) is 12.7. The summed E-state index contributed by atoms with van der Waals surface area (Å²) in [5.41, 5.74) is 0.854. The molecule has 0 saturated carbocycles. The van der Waals surface area contributed by atoms with Crippen LogP contribution in [0.5, 0.6) is 0 Å². The molecule has 8 heteroatoms. The Balaban J connectivity index is 1.68. The molecule has 0 spiro atoms. The summed E-state index contributed by atoms with van der Waals surface area (Å²) in [5, 5.41) is 14.7. The van der Waals surface area contributed by atoms with Gasteiger partial charge in [0.25, 0.3) is 0 Å². The van der Waals surface area contributed by atoms with E-state index in [2.05, 4.69) is 26.1 Å². The lowest BCUT2D eigenvalue weighted by Crippen LogP contribution is -2.38. The first-order valence-electron chi connectivity index (χ1n) is 6.09. The number of carbonyl (C=O) groups is 2. The number of amides is 3. The molecular formula is C12H13N5O2S. The van der Waals surface area contributed by atoms with Crippen LogP contribution in [0.1, 0.15) is 4.88 Å². The van der Waals surface area contributed by atoms with Crippen molar-refractivity contribution in [2.75, 3.05) is 11.9 Å². The highest BCUT2D eigenvalue weighted by atomic mass is 32.1. The van der Waals surface area contributed by atoms with Crippen LogP contribution in [0, 0.1) is 6.92 Å². The van der Waals surface area contributed by atoms with Gasteiger partial charge in [-0.15, -0.1) is 11.3 Å². The van der Waals surface area contributed by atoms with Gasteiger partial charge in [0, 0.05) is 17.5 Å². The second-order valence-electron chi connectivity index (χ2n) is 4.47. The number of aryl methyl sites for hydroxylation is 1. The molecule has 0 radical (unpaired) electrons. The van der Waals surface area contributed by atoms with Crippen LogP contribution in [-0.2, 0) is 4.79 Å². The van der Waals surface area contributed by atoms with Gasteiger partial charge < -0.3 is 16.0 Å². The van der Waals surface area contributed by atoms with Crippen molar-refractivity contribution in [2.45, 2.75) is 13.0 Å². The number of carbonyl (C=O) groups excluding carboxylic acids is 2. The molecule has 3 amide bonds. The summed E-state index contributed by atoms with van der Waals surface area (Å²) in [6.07, 6.45) is 0. The lowest BCUT2D eigenvalue weighted by molar-refractivity contribution is -0.117. The fourth-order valence-electron chi connectivity index (χ4n) is 1.92. The van der Waals surface area contributed by atoms with Crippen LogP contribution in [0.2, 0.25) is 0 Å². The Hall–Kier alpha value is -2.35. The number of rotatable bonds is 3. The second kappa shape index (κ2) is 4.97. The molecule has 7 nitrogen and oxygen atoms in total. The van der Waals surface area contributed by atoms with Gasteiger partial charge in [-0.3, -0.25) is 9.89 Å². The van der Waals surface area contributed by atoms with Gasteiger partial charge in [-0.05, 0) is 19.1 Å². The average molecular weight is 291 g/mol. The zero-order valence-electron chi connectivity index (χ0n) is 10.7. The molecule has 2 aromatic rings. The minimum Gasteiger partial charge on any atom is -0.336 e. The van der Waals surface area contributed by atoms with E-state index in [-0.39, 0.29) is 18.5 Å². The molecule has 0 aromatic carbocycles. The number of hydrogen-bond acceptors (Lipinski definition) is 4. The van der Waals surface area contributed by atoms with Crippen molar-refractivity contribution >= 4 is 29.1 Å². The molecule has 0 bridgehead atoms. The van der Waals surface area contributed by atoms with E-state index in [9.17, 15) is 9.59 Å². The maximum Gasteiger partial charge on any atom is 0.315 e. The van der Waals surface area contributed by atoms with Crippen LogP contribution in [-0.4, -0.2) is 34.7 Å². The van der Waals surface area contributed by atoms with E-state index in [1.807, 2.05) is 19.1 Å². The van der Waals surface area contributed by atoms with Gasteiger partial charge >= 0.3 is 6.03 Å². The SMILES string of the molecule is Cc1ccc(-c2cc(NC(=O)[C@@H]3CNC(=O)N3)n[nH]2)s1. The Morgan fingerprint density at radius 3 is 3.00 bits per heavy atom. The molecule has 3 rings (SSSR count). The minimum atomic E-state index is -0.563. The predicted octanol–water partition coefficient (Wildman–Crippen LogP) is 1.07. The van der Waals surface area contributed by atoms with Gasteiger partial charge in [-0.2, -0.15) is 5.10 Å². The summed E-state index contributed by atoms with van der Waals surface area (Å²) >= 11 is 1.65. The number of nitrogens with one attached hydrogen (secondary N) is 4. The first-order chi connectivity index (χ1) is 9.61. The number of thiophene rings is 1. The summed E-state index contributed by atoms with van der Waals surface area (Å²) in [6.45, 7) is 2.31. The highest BCUT2D eigenvalue weighted by Crippen LogP contribution is 2.27. The zero-order chi connectivity index (χ0) is 14.1. The van der Waals surface area contributed by atoms with Crippen LogP contribution in [0.15, 0.2) is 18.2 Å². The highest BCUT2D eigenvalue weighted by Gasteiger charge is 2.27. The molecule has 1 fully saturated rings. The molecule has 1 atom stereocenters. The van der Waals surface area contributed by atoms with Crippen LogP contribution in [0.4, 0.5) is 10.6 Å². The van der Waals surface area contributed by atoms with Gasteiger partial charge in [-0.25, -0.2) is 4.79 Å². The highest BCUT2D eigenvalue weighted by molar-refractivity contribution is 7.15. The van der Waals surface area contributed by atoms with Gasteiger partial charge in [0.05, 0.1) is 10.6 Å². The number of H-pyrrole nitrogens is 1. The van der Waals surface area contributed by atoms with Gasteiger partial charge in [0.1, 0.15) is 6.04 Å². The molecule has 104 valence electrons. The lowest BCUT2D eigenvalue weighted by atomic mass is 10.3. The van der Waals surface area contributed by atoms with Crippen molar-refractivity contribution in [1.82, 2.24) is 20.8 Å². The molecule has 1 aliphatic heterocycles. The number of urea groups is 1. The average Bonchev–Trinajstić information content (AvgIpc) is 3.10. The normalized spacial score (nSPS) is 17.6. The Kier molecular flexibility index (Phi) is 3.15. The zero-order valence-corrected chi connectivity index (χ0v) is 11.5. The Morgan fingerprint density at radius 2 is 2.35 bits per heavy atom. The van der Waals surface area contributed by atoms with Crippen LogP contribution in [0.3, 0.4) is 0 Å². The number of nitrogens with zero attached hydrogens (tertiary/aromatic N) is 1. The van der Waals surface area contributed by atoms with E-state index in [0.717, 1.165) is 10.6 Å². The minimum absolute atomic E-state index is 0.284. The monoisotopic (exact) mass is 291 g/mol. The lowest BCUT2D eigenvalue weighted by Gasteiger charge is -2.06. The number of hydrogen-bond donors (Lipinski definition) is 4. The standard InChI is InChI=1S/C12H13N5O2S/c1-6-2-3-9(20-6)7-4-10(17-16-7)15-11(18)8-5-13-12(19)14-8/h2-4,8H,5H2,1H3,(H2,13,14,19)(H2,15,16,17,18)/t8-/m0/s1. The van der Waals surface area contributed by atoms with E-state index < -0.39 is 6.04 Å². The van der Waals surface area contributed by atoms with Crippen molar-refractivity contribution in [2.24, 2.45) is 0 Å². The molecule has 20 heavy (non-hydrogen) atoms. The summed E-state index contributed by atoms with van der Waals surface area (Å²) in [5.74, 6) is 0.154. The van der Waals surface area contributed by atoms with Gasteiger partial charge in [-0.1, -0.05) is 0 Å². The third-order valence-electron chi connectivity index (χ3n) is 2.92. The maximum atomic E-state index is 11.9. The van der Waals surface area contributed by atoms with E-state index in [1.54, 1.807) is 17.4 Å². The van der Waals surface area contributed by atoms with Crippen LogP contribution in [0.25, 0.3) is 10.6 Å².